The number of hydrogen-bond donors (Lipinski definition) is 0. The predicted octanol–water partition coefficient (Wildman–Crippen LogP) is 2.47. The third-order valence-electron chi connectivity index (χ3n) is 2.02. The van der Waals surface area contributed by atoms with Crippen LogP contribution in [0.2, 0.25) is 0 Å². The molecular weight excluding hydrogens is 178 g/mol. The van der Waals surface area contributed by atoms with Gasteiger partial charge < -0.3 is 0 Å². The van der Waals surface area contributed by atoms with Gasteiger partial charge in [0.1, 0.15) is 0 Å². The van der Waals surface area contributed by atoms with Crippen LogP contribution in [0.4, 0.5) is 5.69 Å². The number of nitro groups is 1. The van der Waals surface area contributed by atoms with Gasteiger partial charge in [-0.05, 0) is 25.0 Å². The number of benzene rings is 1. The summed E-state index contributed by atoms with van der Waals surface area (Å²) in [6, 6.07) is 5.10. The maximum Gasteiger partial charge on any atom is 0.272 e. The second-order valence-corrected chi connectivity index (χ2v) is 3.08. The second kappa shape index (κ2) is 4.43. The molecule has 0 fully saturated rings. The van der Waals surface area contributed by atoms with E-state index in [1.807, 2.05) is 6.07 Å². The smallest absolute Gasteiger partial charge is 0.258 e. The standard InChI is InChI=1S/C11H11NO2/c1-3-4-5-10-6-7-11(12(13)14)9(2)8-10/h1,6-8H,4-5H2,2H3. The van der Waals surface area contributed by atoms with Crippen molar-refractivity contribution in [2.24, 2.45) is 0 Å². The summed E-state index contributed by atoms with van der Waals surface area (Å²) in [6.07, 6.45) is 6.57. The fourth-order valence-corrected chi connectivity index (χ4v) is 1.29. The van der Waals surface area contributed by atoms with Gasteiger partial charge in [-0.25, -0.2) is 0 Å². The van der Waals surface area contributed by atoms with Gasteiger partial charge in [0.15, 0.2) is 0 Å². The molecule has 1 aromatic carbocycles. The second-order valence-electron chi connectivity index (χ2n) is 3.08. The van der Waals surface area contributed by atoms with Crippen LogP contribution in [0, 0.1) is 29.4 Å². The summed E-state index contributed by atoms with van der Waals surface area (Å²) in [5.41, 5.74) is 1.89. The molecule has 0 unspecified atom stereocenters. The Morgan fingerprint density at radius 3 is 2.79 bits per heavy atom. The molecule has 0 atom stereocenters. The van der Waals surface area contributed by atoms with Gasteiger partial charge in [-0.1, -0.05) is 6.07 Å². The van der Waals surface area contributed by atoms with Crippen molar-refractivity contribution in [3.63, 3.8) is 0 Å². The third-order valence-corrected chi connectivity index (χ3v) is 2.02. The van der Waals surface area contributed by atoms with Gasteiger partial charge in [0.05, 0.1) is 4.92 Å². The van der Waals surface area contributed by atoms with E-state index in [0.717, 1.165) is 12.0 Å². The molecule has 0 aliphatic heterocycles. The van der Waals surface area contributed by atoms with E-state index in [2.05, 4.69) is 5.92 Å². The van der Waals surface area contributed by atoms with Crippen molar-refractivity contribution in [2.45, 2.75) is 19.8 Å². The van der Waals surface area contributed by atoms with Gasteiger partial charge in [-0.15, -0.1) is 12.3 Å². The van der Waals surface area contributed by atoms with E-state index in [9.17, 15) is 10.1 Å². The minimum absolute atomic E-state index is 0.162. The number of nitro benzene ring substituents is 1. The van der Waals surface area contributed by atoms with Crippen LogP contribution in [0.15, 0.2) is 18.2 Å². The van der Waals surface area contributed by atoms with Crippen LogP contribution in [-0.4, -0.2) is 4.92 Å². The quantitative estimate of drug-likeness (QED) is 0.416. The molecule has 14 heavy (non-hydrogen) atoms. The number of rotatable bonds is 3. The first-order chi connectivity index (χ1) is 6.65. The molecule has 72 valence electrons. The highest BCUT2D eigenvalue weighted by molar-refractivity contribution is 5.41. The highest BCUT2D eigenvalue weighted by Crippen LogP contribution is 2.19. The molecule has 0 radical (unpaired) electrons. The molecule has 0 amide bonds. The summed E-state index contributed by atoms with van der Waals surface area (Å²) in [7, 11) is 0. The first-order valence-corrected chi connectivity index (χ1v) is 4.32. The Kier molecular flexibility index (Phi) is 3.24. The maximum atomic E-state index is 10.5. The van der Waals surface area contributed by atoms with E-state index >= 15 is 0 Å². The van der Waals surface area contributed by atoms with Gasteiger partial charge in [-0.2, -0.15) is 0 Å². The molecule has 0 bridgehead atoms. The number of hydrogen-bond acceptors (Lipinski definition) is 2. The van der Waals surface area contributed by atoms with Gasteiger partial charge >= 0.3 is 0 Å². The fourth-order valence-electron chi connectivity index (χ4n) is 1.29. The lowest BCUT2D eigenvalue weighted by Gasteiger charge is -2.00. The lowest BCUT2D eigenvalue weighted by Crippen LogP contribution is -1.93. The van der Waals surface area contributed by atoms with E-state index in [1.165, 1.54) is 6.07 Å². The topological polar surface area (TPSA) is 43.1 Å². The van der Waals surface area contributed by atoms with Crippen LogP contribution in [0.3, 0.4) is 0 Å². The Morgan fingerprint density at radius 2 is 2.29 bits per heavy atom. The van der Waals surface area contributed by atoms with E-state index < -0.39 is 0 Å². The van der Waals surface area contributed by atoms with Crippen molar-refractivity contribution < 1.29 is 4.92 Å². The van der Waals surface area contributed by atoms with Gasteiger partial charge in [0.25, 0.3) is 5.69 Å². The summed E-state index contributed by atoms with van der Waals surface area (Å²) in [6.45, 7) is 1.73. The lowest BCUT2D eigenvalue weighted by atomic mass is 10.1. The van der Waals surface area contributed by atoms with Crippen molar-refractivity contribution >= 4 is 5.69 Å². The average Bonchev–Trinajstić information content (AvgIpc) is 2.14. The van der Waals surface area contributed by atoms with Crippen LogP contribution in [0.1, 0.15) is 17.5 Å². The first kappa shape index (κ1) is 10.3. The molecule has 1 rings (SSSR count). The fraction of sp³-hybridized carbons (Fsp3) is 0.273. The number of terminal acetylenes is 1. The molecule has 0 spiro atoms. The molecule has 0 heterocycles. The van der Waals surface area contributed by atoms with Gasteiger partial charge in [0, 0.05) is 18.1 Å². The monoisotopic (exact) mass is 189 g/mol. The zero-order valence-corrected chi connectivity index (χ0v) is 7.99. The molecular formula is C11H11NO2. The highest BCUT2D eigenvalue weighted by atomic mass is 16.6. The van der Waals surface area contributed by atoms with E-state index in [0.29, 0.717) is 12.0 Å². The minimum atomic E-state index is -0.375. The normalized spacial score (nSPS) is 9.43. The zero-order valence-electron chi connectivity index (χ0n) is 7.99. The van der Waals surface area contributed by atoms with Crippen LogP contribution < -0.4 is 0 Å². The van der Waals surface area contributed by atoms with Crippen molar-refractivity contribution in [1.29, 1.82) is 0 Å². The van der Waals surface area contributed by atoms with Crippen LogP contribution in [0.25, 0.3) is 0 Å². The molecule has 0 aliphatic rings. The third kappa shape index (κ3) is 2.33. The molecule has 3 nitrogen and oxygen atoms in total. The Hall–Kier alpha value is -1.82. The highest BCUT2D eigenvalue weighted by Gasteiger charge is 2.09. The molecule has 3 heteroatoms. The molecule has 0 N–H and O–H groups in total. The Morgan fingerprint density at radius 1 is 1.57 bits per heavy atom. The summed E-state index contributed by atoms with van der Waals surface area (Å²) in [4.78, 5) is 10.1. The van der Waals surface area contributed by atoms with Crippen molar-refractivity contribution in [3.05, 3.63) is 39.4 Å². The Balaban J connectivity index is 2.90. The summed E-state index contributed by atoms with van der Waals surface area (Å²) in [5.74, 6) is 2.54. The van der Waals surface area contributed by atoms with Crippen LogP contribution in [0.5, 0.6) is 0 Å². The van der Waals surface area contributed by atoms with E-state index in [1.54, 1.807) is 13.0 Å². The molecule has 0 aliphatic carbocycles. The van der Waals surface area contributed by atoms with E-state index in [4.69, 9.17) is 6.42 Å². The van der Waals surface area contributed by atoms with Crippen molar-refractivity contribution in [1.82, 2.24) is 0 Å². The average molecular weight is 189 g/mol. The number of nitrogens with zero attached hydrogens (tertiary/aromatic N) is 1. The minimum Gasteiger partial charge on any atom is -0.258 e. The Labute approximate surface area is 82.9 Å². The predicted molar refractivity (Wildman–Crippen MR) is 55.0 cm³/mol. The maximum absolute atomic E-state index is 10.5. The largest absolute Gasteiger partial charge is 0.272 e. The molecule has 0 saturated carbocycles. The lowest BCUT2D eigenvalue weighted by molar-refractivity contribution is -0.385. The van der Waals surface area contributed by atoms with Gasteiger partial charge in [0.2, 0.25) is 0 Å². The van der Waals surface area contributed by atoms with Gasteiger partial charge in [-0.3, -0.25) is 10.1 Å². The van der Waals surface area contributed by atoms with Crippen molar-refractivity contribution in [2.75, 3.05) is 0 Å². The number of aryl methyl sites for hydroxylation is 2. The van der Waals surface area contributed by atoms with E-state index in [-0.39, 0.29) is 10.6 Å². The van der Waals surface area contributed by atoms with Crippen molar-refractivity contribution in [3.8, 4) is 12.3 Å². The molecule has 1 aromatic rings. The summed E-state index contributed by atoms with van der Waals surface area (Å²) in [5, 5.41) is 10.5. The molecule has 0 saturated heterocycles. The SMILES string of the molecule is C#CCCc1ccc([N+](=O)[O-])c(C)c1. The summed E-state index contributed by atoms with van der Waals surface area (Å²) >= 11 is 0. The van der Waals surface area contributed by atoms with Crippen LogP contribution >= 0.6 is 0 Å². The van der Waals surface area contributed by atoms with Crippen LogP contribution in [-0.2, 0) is 6.42 Å². The summed E-state index contributed by atoms with van der Waals surface area (Å²) < 4.78 is 0. The Bertz CT molecular complexity index is 391. The molecule has 0 aromatic heterocycles. The first-order valence-electron chi connectivity index (χ1n) is 4.32. The zero-order chi connectivity index (χ0) is 10.6.